The van der Waals surface area contributed by atoms with Gasteiger partial charge in [0.2, 0.25) is 0 Å². The summed E-state index contributed by atoms with van der Waals surface area (Å²) < 4.78 is 5.05. The molecule has 0 spiro atoms. The van der Waals surface area contributed by atoms with E-state index in [4.69, 9.17) is 4.74 Å². The molecule has 15 aromatic rings. The van der Waals surface area contributed by atoms with Gasteiger partial charge in [0.1, 0.15) is 96.1 Å². The van der Waals surface area contributed by atoms with Gasteiger partial charge in [0, 0.05) is 117 Å². The van der Waals surface area contributed by atoms with Crippen LogP contribution in [0.5, 0.6) is 11.5 Å². The highest BCUT2D eigenvalue weighted by Gasteiger charge is 2.23. The van der Waals surface area contributed by atoms with Crippen LogP contribution in [0.4, 0.5) is 0 Å². The van der Waals surface area contributed by atoms with E-state index in [-0.39, 0.29) is 38.7 Å². The topological polar surface area (TPSA) is 46.5 Å². The molecule has 0 aliphatic carbocycles. The summed E-state index contributed by atoms with van der Waals surface area (Å²) in [5.41, 5.74) is 15.4. The van der Waals surface area contributed by atoms with E-state index < -0.39 is 0 Å². The number of rotatable bonds is 20. The fourth-order valence-electron chi connectivity index (χ4n) is 12.8. The van der Waals surface area contributed by atoms with Gasteiger partial charge in [-0.1, -0.05) is 278 Å². The van der Waals surface area contributed by atoms with Crippen molar-refractivity contribution in [3.63, 3.8) is 0 Å². The molecule has 0 saturated heterocycles. The molecule has 1 N–H and O–H groups in total. The average Bonchev–Trinajstić information content (AvgIpc) is 0.824. The highest BCUT2D eigenvalue weighted by atomic mass is 32.2. The highest BCUT2D eigenvalue weighted by Crippen LogP contribution is 2.29. The van der Waals surface area contributed by atoms with Crippen molar-refractivity contribution in [1.82, 2.24) is 0 Å². The zero-order valence-corrected chi connectivity index (χ0v) is 76.4. The summed E-state index contributed by atoms with van der Waals surface area (Å²) in [6, 6.07) is 132. The van der Waals surface area contributed by atoms with Crippen LogP contribution in [0, 0.1) is 34.6 Å². The lowest BCUT2D eigenvalue weighted by molar-refractivity contribution is -0.131. The van der Waals surface area contributed by atoms with Gasteiger partial charge in [0.25, 0.3) is 0 Å². The van der Waals surface area contributed by atoms with E-state index in [1.807, 2.05) is 36.4 Å². The van der Waals surface area contributed by atoms with Crippen LogP contribution < -0.4 is 4.74 Å². The maximum Gasteiger partial charge on any atom is 0.308 e. The second-order valence-electron chi connectivity index (χ2n) is 29.2. The van der Waals surface area contributed by atoms with Gasteiger partial charge in [-0.2, -0.15) is 0 Å². The van der Waals surface area contributed by atoms with E-state index in [1.54, 1.807) is 12.1 Å². The van der Waals surface area contributed by atoms with Crippen LogP contribution in [0.3, 0.4) is 0 Å². The first-order valence-electron chi connectivity index (χ1n) is 39.4. The lowest BCUT2D eigenvalue weighted by Gasteiger charge is -2.07. The molecule has 6 atom stereocenters. The molecule has 0 aliphatic rings. The monoisotopic (exact) mass is 1670 g/mol. The van der Waals surface area contributed by atoms with Crippen molar-refractivity contribution in [3.8, 4) is 11.5 Å². The molecular formula is C107H117O3S7+7. The number of phenols is 1. The van der Waals surface area contributed by atoms with Gasteiger partial charge in [0.15, 0.2) is 34.3 Å². The van der Waals surface area contributed by atoms with Crippen LogP contribution in [0.25, 0.3) is 21.5 Å². The zero-order chi connectivity index (χ0) is 83.3. The predicted molar refractivity (Wildman–Crippen MR) is 524 cm³/mol. The van der Waals surface area contributed by atoms with E-state index in [1.165, 1.54) is 124 Å². The number of hydrogen-bond donors (Lipinski definition) is 1. The number of phenolic OH excluding ortho intramolecular Hbond substituents is 1. The molecule has 0 heterocycles. The third-order valence-electron chi connectivity index (χ3n) is 19.7. The summed E-state index contributed by atoms with van der Waals surface area (Å²) in [6.07, 6.45) is 18.3. The van der Waals surface area contributed by atoms with Crippen molar-refractivity contribution < 1.29 is 14.6 Å². The van der Waals surface area contributed by atoms with E-state index in [0.717, 1.165) is 34.5 Å². The molecule has 0 saturated carbocycles. The molecule has 10 heteroatoms. The average molecular weight is 1680 g/mol. The number of esters is 1. The Balaban J connectivity index is 0.000000157. The third-order valence-corrected chi connectivity index (χ3v) is 31.9. The Morgan fingerprint density at radius 2 is 0.513 bits per heavy atom. The molecule has 117 heavy (non-hydrogen) atoms. The molecule has 15 rings (SSSR count). The number of aryl methyl sites for hydroxylation is 5. The minimum absolute atomic E-state index is 0.140. The van der Waals surface area contributed by atoms with Crippen molar-refractivity contribution in [2.75, 3.05) is 50.0 Å². The highest BCUT2D eigenvalue weighted by molar-refractivity contribution is 7.97. The maximum atomic E-state index is 10.9. The number of hydrogen-bond acceptors (Lipinski definition) is 3. The fourth-order valence-corrected chi connectivity index (χ4v) is 22.6. The van der Waals surface area contributed by atoms with Crippen LogP contribution >= 0.6 is 0 Å². The SMILES string of the molecule is CC(=O)Oc1ccc([S+](C)Cc2ccccc2C)cc1.C[S+](Cc1cccc2ccccc12)c1ccc(O)cc1.C[S+](Cc1cccc2ccccc12)c1ccccc1.C[S+](Cc1ccccc1)c1ccccc1.Cc1ccc([S+](C)C)cc1.Cc1ccc([S+](C)Cc2ccccc2C)cc1.Cc1ccccc1C[S+](C)c1ccccc1. The van der Waals surface area contributed by atoms with Gasteiger partial charge >= 0.3 is 5.97 Å². The quantitative estimate of drug-likeness (QED) is 0.0470. The molecule has 0 amide bonds. The summed E-state index contributed by atoms with van der Waals surface area (Å²) >= 11 is 0. The zero-order valence-electron chi connectivity index (χ0n) is 70.7. The normalized spacial score (nSPS) is 12.2. The van der Waals surface area contributed by atoms with E-state index >= 15 is 0 Å². The Kier molecular flexibility index (Phi) is 38.3. The molecule has 0 aromatic heterocycles. The Labute approximate surface area is 721 Å². The van der Waals surface area contributed by atoms with Gasteiger partial charge in [-0.3, -0.25) is 4.79 Å². The predicted octanol–water partition coefficient (Wildman–Crippen LogP) is 26.4. The van der Waals surface area contributed by atoms with Crippen molar-refractivity contribution in [2.24, 2.45) is 0 Å². The number of carbonyl (C=O) groups is 1. The smallest absolute Gasteiger partial charge is 0.308 e. The Bertz CT molecular complexity index is 5370. The summed E-state index contributed by atoms with van der Waals surface area (Å²) in [7, 11) is 1.87. The minimum atomic E-state index is -0.284. The number of benzene rings is 15. The molecular weight excluding hydrogens is 1560 g/mol. The second kappa shape index (κ2) is 49.1. The fraction of sp³-hybridized carbons (Fsp3) is 0.187. The minimum Gasteiger partial charge on any atom is -0.508 e. The molecule has 6 unspecified atom stereocenters. The van der Waals surface area contributed by atoms with Crippen LogP contribution in [0.2, 0.25) is 0 Å². The summed E-state index contributed by atoms with van der Waals surface area (Å²) in [5, 5.41) is 14.7. The molecule has 3 nitrogen and oxygen atoms in total. The first-order valence-corrected chi connectivity index (χ1v) is 52.3. The summed E-state index contributed by atoms with van der Waals surface area (Å²) in [4.78, 5) is 20.7. The molecule has 0 aliphatic heterocycles. The van der Waals surface area contributed by atoms with Crippen molar-refractivity contribution in [1.29, 1.82) is 0 Å². The lowest BCUT2D eigenvalue weighted by atomic mass is 10.1. The first kappa shape index (κ1) is 91.4. The van der Waals surface area contributed by atoms with Crippen molar-refractivity contribution >= 4 is 104 Å². The van der Waals surface area contributed by atoms with Gasteiger partial charge in [-0.15, -0.1) is 0 Å². The van der Waals surface area contributed by atoms with Crippen molar-refractivity contribution in [2.45, 2.75) is 110 Å². The molecule has 15 aromatic carbocycles. The molecule has 598 valence electrons. The standard InChI is InChI=1S/C18H16OS.C18H17S.C17H19O2S.C16H19S.C15H17S.C14H15S.C9H13S/c1-20(17-11-9-16(19)10-12-17)13-15-7-4-6-14-5-2-3-8-18(14)15;1-19(17-11-3-2-4-12-17)14-16-10-7-9-15-8-5-6-13-18(15)16;1-13-6-4-5-7-15(13)12-20(3)17-10-8-16(9-11-17)19-14(2)18;1-13-8-10-16(11-9-13)17(3)12-15-7-5-4-6-14(15)2;1-13-8-6-7-9-14(13)12-16(2)15-10-4-3-5-11-15;1-15(14-10-6-3-7-11-14)12-13-8-4-2-5-9-13;1-8-4-6-9(7-5-8)10(2)3/h2-12H,13H2,1H3;2-13H,14H2,1H3;4-11H,12H2,1-3H3;4-11H,12H2,1-3H3;3-11H,12H2,1-2H3;2-11H,12H2,1H3;4-7H,1-3H3/q;6*+1/p+1. The lowest BCUT2D eigenvalue weighted by Crippen LogP contribution is -2.06. The molecule has 0 bridgehead atoms. The summed E-state index contributed by atoms with van der Waals surface area (Å²) in [6.45, 7) is 12.2. The van der Waals surface area contributed by atoms with Crippen molar-refractivity contribution in [3.05, 3.63) is 437 Å². The Hall–Kier alpha value is -9.46. The van der Waals surface area contributed by atoms with E-state index in [9.17, 15) is 9.90 Å². The Morgan fingerprint density at radius 1 is 0.256 bits per heavy atom. The van der Waals surface area contributed by atoms with Gasteiger partial charge < -0.3 is 9.84 Å². The largest absolute Gasteiger partial charge is 0.508 e. The molecule has 0 fully saturated rings. The van der Waals surface area contributed by atoms with Crippen LogP contribution in [0.1, 0.15) is 68.1 Å². The number of fused-ring (bicyclic) bond motifs is 2. The Morgan fingerprint density at radius 3 is 0.855 bits per heavy atom. The first-order chi connectivity index (χ1) is 56.6. The maximum absolute atomic E-state index is 10.9. The van der Waals surface area contributed by atoms with Crippen LogP contribution in [-0.4, -0.2) is 61.1 Å². The van der Waals surface area contributed by atoms with Gasteiger partial charge in [-0.25, -0.2) is 0 Å². The number of aromatic hydroxyl groups is 1. The number of ether oxygens (including phenoxy) is 1. The summed E-state index contributed by atoms with van der Waals surface area (Å²) in [5.74, 6) is 7.28. The third kappa shape index (κ3) is 31.1. The van der Waals surface area contributed by atoms with Gasteiger partial charge in [0.05, 0.1) is 0 Å². The molecule has 0 radical (unpaired) electrons. The van der Waals surface area contributed by atoms with Crippen LogP contribution in [-0.2, 0) is 116 Å². The second-order valence-corrected chi connectivity index (χ2v) is 43.5. The number of carbonyl (C=O) groups excluding carboxylic acids is 1. The van der Waals surface area contributed by atoms with Gasteiger partial charge in [-0.05, 0) is 182 Å². The van der Waals surface area contributed by atoms with E-state index in [2.05, 4.69) is 412 Å². The van der Waals surface area contributed by atoms with E-state index in [0.29, 0.717) is 55.1 Å². The van der Waals surface area contributed by atoms with Crippen LogP contribution in [0.15, 0.2) is 410 Å².